The second-order valence-electron chi connectivity index (χ2n) is 22.2. The zero-order chi connectivity index (χ0) is 56.2. The molecule has 0 bridgehead atoms. The summed E-state index contributed by atoms with van der Waals surface area (Å²) in [5.41, 5.74) is 0. The molecule has 0 saturated heterocycles. The molecule has 0 aliphatic rings. The second-order valence-corrected chi connectivity index (χ2v) is 22.2. The number of esters is 2. The average Bonchev–Trinajstić information content (AvgIpc) is 3.44. The summed E-state index contributed by atoms with van der Waals surface area (Å²) in [6.07, 6.45) is 98.4. The third kappa shape index (κ3) is 65.1. The fourth-order valence-corrected chi connectivity index (χ4v) is 9.58. The van der Waals surface area contributed by atoms with Gasteiger partial charge in [0, 0.05) is 12.8 Å². The molecule has 0 aromatic rings. The molecule has 0 aromatic heterocycles. The highest BCUT2D eigenvalue weighted by Crippen LogP contribution is 2.18. The number of hydrogen-bond donors (Lipinski definition) is 1. The van der Waals surface area contributed by atoms with E-state index in [9.17, 15) is 14.7 Å². The third-order valence-electron chi connectivity index (χ3n) is 14.6. The lowest BCUT2D eigenvalue weighted by Gasteiger charge is -2.15. The topological polar surface area (TPSA) is 72.8 Å². The Kier molecular flexibility index (Phi) is 64.8. The van der Waals surface area contributed by atoms with Crippen molar-refractivity contribution in [2.75, 3.05) is 13.2 Å². The molecule has 0 heterocycles. The van der Waals surface area contributed by atoms with Gasteiger partial charge in [-0.1, -0.05) is 322 Å². The molecular weight excluding hydrogens is 957 g/mol. The molecule has 0 aliphatic carbocycles. The van der Waals surface area contributed by atoms with E-state index < -0.39 is 6.10 Å². The molecule has 0 amide bonds. The Bertz CT molecular complexity index is 1510. The van der Waals surface area contributed by atoms with E-state index in [1.807, 2.05) is 0 Å². The number of unbranched alkanes of at least 4 members (excludes halogenated alkanes) is 35. The molecule has 0 spiro atoms. The predicted octanol–water partition coefficient (Wildman–Crippen LogP) is 23.2. The fourth-order valence-electron chi connectivity index (χ4n) is 9.58. The minimum Gasteiger partial charge on any atom is -0.462 e. The molecule has 5 nitrogen and oxygen atoms in total. The first-order chi connectivity index (χ1) is 38.6. The van der Waals surface area contributed by atoms with E-state index in [-0.39, 0.29) is 31.6 Å². The average molecular weight is 1080 g/mol. The van der Waals surface area contributed by atoms with Crippen molar-refractivity contribution >= 4 is 11.9 Å². The number of carbonyl (C=O) groups excluding carboxylic acids is 2. The Hall–Kier alpha value is -3.44. The van der Waals surface area contributed by atoms with Crippen molar-refractivity contribution in [2.45, 2.75) is 328 Å². The van der Waals surface area contributed by atoms with Crippen LogP contribution in [-0.4, -0.2) is 36.4 Å². The first-order valence-electron chi connectivity index (χ1n) is 33.4. The van der Waals surface area contributed by atoms with Crippen molar-refractivity contribution in [3.8, 4) is 0 Å². The Balaban J connectivity index is 3.46. The highest BCUT2D eigenvalue weighted by Gasteiger charge is 2.16. The van der Waals surface area contributed by atoms with E-state index in [0.717, 1.165) is 77.0 Å². The Morgan fingerprint density at radius 1 is 0.308 bits per heavy atom. The first kappa shape index (κ1) is 74.6. The monoisotopic (exact) mass is 1080 g/mol. The maximum absolute atomic E-state index is 12.3. The van der Waals surface area contributed by atoms with Gasteiger partial charge in [0.2, 0.25) is 0 Å². The van der Waals surface area contributed by atoms with E-state index in [2.05, 4.69) is 123 Å². The smallest absolute Gasteiger partial charge is 0.306 e. The van der Waals surface area contributed by atoms with Crippen LogP contribution in [-0.2, 0) is 19.1 Å². The van der Waals surface area contributed by atoms with Crippen LogP contribution in [0.1, 0.15) is 322 Å². The van der Waals surface area contributed by atoms with E-state index in [4.69, 9.17) is 9.47 Å². The number of aliphatic hydroxyl groups excluding tert-OH is 1. The van der Waals surface area contributed by atoms with Gasteiger partial charge in [-0.3, -0.25) is 9.59 Å². The third-order valence-corrected chi connectivity index (χ3v) is 14.6. The SMILES string of the molecule is CC/C=C\C/C=C\C/C=C\C/C=C\C/C=C\C/C=C\C/C=C\CCCC(=O)OC(CO)COC(=O)CCCCCCCCCCCCCCCCCCCCCCCCCCCCCCC/C=C\C/C=C\CCCCCCC. The summed E-state index contributed by atoms with van der Waals surface area (Å²) >= 11 is 0. The Labute approximate surface area is 484 Å². The summed E-state index contributed by atoms with van der Waals surface area (Å²) in [7, 11) is 0. The van der Waals surface area contributed by atoms with E-state index in [1.54, 1.807) is 0 Å². The summed E-state index contributed by atoms with van der Waals surface area (Å²) in [6.45, 7) is 3.99. The van der Waals surface area contributed by atoms with E-state index in [1.165, 1.54) is 212 Å². The fraction of sp³-hybridized carbons (Fsp3) is 0.726. The Morgan fingerprint density at radius 3 is 0.872 bits per heavy atom. The van der Waals surface area contributed by atoms with E-state index in [0.29, 0.717) is 12.8 Å². The molecule has 0 rings (SSSR count). The molecular formula is C73H126O5. The van der Waals surface area contributed by atoms with Gasteiger partial charge in [-0.15, -0.1) is 0 Å². The molecule has 1 N–H and O–H groups in total. The summed E-state index contributed by atoms with van der Waals surface area (Å²) in [5.74, 6) is -0.655. The first-order valence-corrected chi connectivity index (χ1v) is 33.4. The number of hydrogen-bond acceptors (Lipinski definition) is 5. The lowest BCUT2D eigenvalue weighted by molar-refractivity contribution is -0.161. The molecule has 5 heteroatoms. The highest BCUT2D eigenvalue weighted by atomic mass is 16.6. The molecule has 0 radical (unpaired) electrons. The van der Waals surface area contributed by atoms with Crippen LogP contribution in [0.4, 0.5) is 0 Å². The van der Waals surface area contributed by atoms with Crippen LogP contribution >= 0.6 is 0 Å². The largest absolute Gasteiger partial charge is 0.462 e. The highest BCUT2D eigenvalue weighted by molar-refractivity contribution is 5.70. The zero-order valence-corrected chi connectivity index (χ0v) is 51.4. The summed E-state index contributed by atoms with van der Waals surface area (Å²) in [5, 5.41) is 9.66. The molecule has 1 atom stereocenters. The maximum atomic E-state index is 12.3. The van der Waals surface area contributed by atoms with Crippen molar-refractivity contribution < 1.29 is 24.2 Å². The molecule has 0 aliphatic heterocycles. The summed E-state index contributed by atoms with van der Waals surface area (Å²) in [4.78, 5) is 24.6. The van der Waals surface area contributed by atoms with Crippen molar-refractivity contribution in [3.05, 3.63) is 109 Å². The van der Waals surface area contributed by atoms with Crippen LogP contribution in [0.15, 0.2) is 109 Å². The minimum absolute atomic E-state index is 0.0920. The zero-order valence-electron chi connectivity index (χ0n) is 51.4. The van der Waals surface area contributed by atoms with Crippen molar-refractivity contribution in [1.82, 2.24) is 0 Å². The van der Waals surface area contributed by atoms with E-state index >= 15 is 0 Å². The van der Waals surface area contributed by atoms with Gasteiger partial charge in [-0.05, 0) is 96.3 Å². The van der Waals surface area contributed by atoms with Gasteiger partial charge in [0.1, 0.15) is 6.61 Å². The van der Waals surface area contributed by atoms with Crippen molar-refractivity contribution in [1.29, 1.82) is 0 Å². The maximum Gasteiger partial charge on any atom is 0.306 e. The minimum atomic E-state index is -0.809. The standard InChI is InChI=1S/C73H126O5/c1-3-5-7-9-11-13-15-17-19-21-23-25-27-28-29-30-31-32-33-34-35-36-37-38-39-40-41-42-43-44-46-47-49-51-53-55-57-59-61-63-65-67-72(75)77-70-71(69-74)78-73(76)68-66-64-62-60-58-56-54-52-50-48-45-26-24-22-20-18-16-14-12-10-8-6-4-2/h6,8,12,14-15,17-18,20-21,23-24,26,48,50,54,56,60,62,71,74H,3-5,7,9-11,13,16,19,22,25,27-47,49,51-53,55,57-59,61,63-70H2,1-2H3/b8-6-,14-12-,17-15-,20-18-,23-21-,26-24-,50-48-,56-54-,62-60-. The number of allylic oxidation sites excluding steroid dienone is 18. The van der Waals surface area contributed by atoms with Gasteiger partial charge in [0.05, 0.1) is 6.61 Å². The molecule has 1 unspecified atom stereocenters. The number of aliphatic hydroxyl groups is 1. The van der Waals surface area contributed by atoms with Gasteiger partial charge >= 0.3 is 11.9 Å². The van der Waals surface area contributed by atoms with Gasteiger partial charge in [0.15, 0.2) is 6.10 Å². The molecule has 78 heavy (non-hydrogen) atoms. The van der Waals surface area contributed by atoms with Crippen LogP contribution in [0.2, 0.25) is 0 Å². The normalized spacial score (nSPS) is 12.9. The lowest BCUT2D eigenvalue weighted by atomic mass is 10.0. The van der Waals surface area contributed by atoms with Crippen LogP contribution in [0, 0.1) is 0 Å². The molecule has 0 saturated carbocycles. The molecule has 448 valence electrons. The van der Waals surface area contributed by atoms with Gasteiger partial charge < -0.3 is 14.6 Å². The molecule has 0 aromatic carbocycles. The summed E-state index contributed by atoms with van der Waals surface area (Å²) in [6, 6.07) is 0. The van der Waals surface area contributed by atoms with Crippen LogP contribution < -0.4 is 0 Å². The second kappa shape index (κ2) is 67.8. The van der Waals surface area contributed by atoms with Gasteiger partial charge in [0.25, 0.3) is 0 Å². The quantitative estimate of drug-likeness (QED) is 0.0373. The van der Waals surface area contributed by atoms with Crippen LogP contribution in [0.25, 0.3) is 0 Å². The number of ether oxygens (including phenoxy) is 2. The number of carbonyl (C=O) groups is 2. The van der Waals surface area contributed by atoms with Crippen molar-refractivity contribution in [2.24, 2.45) is 0 Å². The predicted molar refractivity (Wildman–Crippen MR) is 343 cm³/mol. The lowest BCUT2D eigenvalue weighted by Crippen LogP contribution is -2.28. The van der Waals surface area contributed by atoms with Crippen molar-refractivity contribution in [3.63, 3.8) is 0 Å². The van der Waals surface area contributed by atoms with Crippen LogP contribution in [0.5, 0.6) is 0 Å². The molecule has 0 fully saturated rings. The Morgan fingerprint density at radius 2 is 0.564 bits per heavy atom. The van der Waals surface area contributed by atoms with Crippen LogP contribution in [0.3, 0.4) is 0 Å². The number of rotatable bonds is 61. The summed E-state index contributed by atoms with van der Waals surface area (Å²) < 4.78 is 10.7. The van der Waals surface area contributed by atoms with Gasteiger partial charge in [-0.25, -0.2) is 0 Å². The van der Waals surface area contributed by atoms with Gasteiger partial charge in [-0.2, -0.15) is 0 Å².